The molecule has 15 heteroatoms. The highest BCUT2D eigenvalue weighted by atomic mass is 19.2. The SMILES string of the molecule is Cc1ncc(F)c(/C=C/C(=O)N2CC[C@@H](N(C)c3nc(OC[C@@]45CCCN4CC(F)C5)nc4c(F)c(-c5cccc6ccc(F)c(F)c56)ncc34)C2)n1. The number of hydrogen-bond donors (Lipinski definition) is 0. The fraction of sp³-hybridized carbons (Fsp3) is 0.368. The van der Waals surface area contributed by atoms with E-state index in [1.807, 2.05) is 4.90 Å². The van der Waals surface area contributed by atoms with Crippen LogP contribution in [0.2, 0.25) is 0 Å². The Morgan fingerprint density at radius 2 is 1.87 bits per heavy atom. The van der Waals surface area contributed by atoms with Crippen LogP contribution in [0.5, 0.6) is 6.01 Å². The molecule has 3 aliphatic rings. The van der Waals surface area contributed by atoms with Crippen molar-refractivity contribution in [3.8, 4) is 17.3 Å². The molecule has 8 rings (SSSR count). The van der Waals surface area contributed by atoms with E-state index in [0.717, 1.165) is 31.6 Å². The minimum absolute atomic E-state index is 0.00359. The lowest BCUT2D eigenvalue weighted by Gasteiger charge is -2.31. The summed E-state index contributed by atoms with van der Waals surface area (Å²) in [5.41, 5.74) is -0.859. The van der Waals surface area contributed by atoms with Gasteiger partial charge >= 0.3 is 6.01 Å². The molecule has 0 radical (unpaired) electrons. The molecule has 274 valence electrons. The molecule has 0 saturated carbocycles. The van der Waals surface area contributed by atoms with Crippen LogP contribution in [0.3, 0.4) is 0 Å². The summed E-state index contributed by atoms with van der Waals surface area (Å²) in [4.78, 5) is 40.1. The van der Waals surface area contributed by atoms with E-state index in [1.165, 1.54) is 30.5 Å². The van der Waals surface area contributed by atoms with E-state index < -0.39 is 35.0 Å². The first-order valence-corrected chi connectivity index (χ1v) is 17.5. The van der Waals surface area contributed by atoms with E-state index in [4.69, 9.17) is 9.72 Å². The molecule has 10 nitrogen and oxygen atoms in total. The minimum atomic E-state index is -1.12. The van der Waals surface area contributed by atoms with Crippen molar-refractivity contribution < 1.29 is 31.5 Å². The molecule has 5 aromatic rings. The number of pyridine rings is 1. The number of nitrogens with zero attached hydrogens (tertiary/aromatic N) is 8. The molecule has 3 aromatic heterocycles. The van der Waals surface area contributed by atoms with E-state index in [1.54, 1.807) is 31.0 Å². The van der Waals surface area contributed by atoms with Crippen LogP contribution < -0.4 is 9.64 Å². The summed E-state index contributed by atoms with van der Waals surface area (Å²) in [7, 11) is 1.76. The van der Waals surface area contributed by atoms with Gasteiger partial charge in [-0.05, 0) is 50.3 Å². The molecular weight excluding hydrogens is 695 g/mol. The largest absolute Gasteiger partial charge is 0.461 e. The summed E-state index contributed by atoms with van der Waals surface area (Å²) in [6.07, 6.45) is 6.51. The lowest BCUT2D eigenvalue weighted by molar-refractivity contribution is -0.124. The van der Waals surface area contributed by atoms with Crippen LogP contribution in [0, 0.1) is 30.2 Å². The number of carbonyl (C=O) groups excluding carboxylic acids is 1. The zero-order chi connectivity index (χ0) is 37.0. The van der Waals surface area contributed by atoms with Crippen molar-refractivity contribution in [3.63, 3.8) is 0 Å². The van der Waals surface area contributed by atoms with E-state index in [-0.39, 0.29) is 70.2 Å². The van der Waals surface area contributed by atoms with Gasteiger partial charge < -0.3 is 14.5 Å². The van der Waals surface area contributed by atoms with Crippen LogP contribution in [0.4, 0.5) is 27.8 Å². The van der Waals surface area contributed by atoms with Gasteiger partial charge in [0.25, 0.3) is 0 Å². The number of aromatic nitrogens is 5. The molecule has 0 aliphatic carbocycles. The number of hydrogen-bond acceptors (Lipinski definition) is 9. The Hall–Kier alpha value is -5.31. The van der Waals surface area contributed by atoms with Crippen molar-refractivity contribution in [1.29, 1.82) is 0 Å². The Balaban J connectivity index is 1.14. The number of likely N-dealkylation sites (tertiary alicyclic amines) is 1. The van der Waals surface area contributed by atoms with Crippen molar-refractivity contribution in [2.24, 2.45) is 0 Å². The first-order valence-electron chi connectivity index (χ1n) is 17.5. The Bertz CT molecular complexity index is 2290. The topological polar surface area (TPSA) is 100 Å². The average Bonchev–Trinajstić information content (AvgIpc) is 3.87. The normalized spacial score (nSPS) is 21.7. The minimum Gasteiger partial charge on any atom is -0.461 e. The van der Waals surface area contributed by atoms with Gasteiger partial charge in [-0.3, -0.25) is 14.7 Å². The first kappa shape index (κ1) is 34.8. The highest BCUT2D eigenvalue weighted by Crippen LogP contribution is 2.41. The van der Waals surface area contributed by atoms with Gasteiger partial charge in [-0.25, -0.2) is 31.9 Å². The van der Waals surface area contributed by atoms with Crippen molar-refractivity contribution in [2.45, 2.75) is 50.4 Å². The molecule has 6 heterocycles. The lowest BCUT2D eigenvalue weighted by Crippen LogP contribution is -2.43. The van der Waals surface area contributed by atoms with Crippen molar-refractivity contribution in [3.05, 3.63) is 83.6 Å². The van der Waals surface area contributed by atoms with Crippen LogP contribution in [0.15, 0.2) is 48.8 Å². The van der Waals surface area contributed by atoms with Gasteiger partial charge in [-0.1, -0.05) is 24.3 Å². The van der Waals surface area contributed by atoms with Gasteiger partial charge in [0, 0.05) is 62.4 Å². The smallest absolute Gasteiger partial charge is 0.319 e. The molecular formula is C38H35F5N8O2. The molecule has 3 fully saturated rings. The molecule has 3 aliphatic heterocycles. The monoisotopic (exact) mass is 730 g/mol. The molecule has 2 aromatic carbocycles. The van der Waals surface area contributed by atoms with Gasteiger partial charge in [-0.15, -0.1) is 0 Å². The Labute approximate surface area is 301 Å². The van der Waals surface area contributed by atoms with Crippen LogP contribution in [0.1, 0.15) is 37.2 Å². The van der Waals surface area contributed by atoms with Crippen LogP contribution in [-0.4, -0.2) is 98.2 Å². The molecule has 0 bridgehead atoms. The van der Waals surface area contributed by atoms with Crippen molar-refractivity contribution in [1.82, 2.24) is 34.7 Å². The highest BCUT2D eigenvalue weighted by Gasteiger charge is 2.49. The standard InChI is InChI=1S/C38H35F5N8O2/c1-21-44-17-28(41)29(46-21)9-10-30(52)50-14-11-24(19-50)49(2)36-26-16-45-34(25-6-3-5-22-7-8-27(40)32(42)31(22)25)33(43)35(26)47-37(48-36)53-20-38-12-4-13-51(38)18-23(39)15-38/h3,5-10,16-17,23-24H,4,11-15,18-20H2,1-2H3/b10-9+/t23?,24-,38+/m1/s1. The molecule has 3 atom stereocenters. The number of ether oxygens (including phenoxy) is 1. The highest BCUT2D eigenvalue weighted by molar-refractivity contribution is 5.99. The number of amides is 1. The Morgan fingerprint density at radius 3 is 2.72 bits per heavy atom. The second-order valence-corrected chi connectivity index (χ2v) is 14.0. The number of rotatable bonds is 8. The quantitative estimate of drug-likeness (QED) is 0.136. The molecule has 1 amide bonds. The second kappa shape index (κ2) is 13.6. The van der Waals surface area contributed by atoms with Crippen LogP contribution >= 0.6 is 0 Å². The number of carbonyl (C=O) groups is 1. The number of aryl methyl sites for hydroxylation is 1. The number of fused-ring (bicyclic) bond motifs is 3. The Kier molecular flexibility index (Phi) is 8.91. The number of likely N-dealkylation sites (N-methyl/N-ethyl adjacent to an activating group) is 1. The summed E-state index contributed by atoms with van der Waals surface area (Å²) >= 11 is 0. The first-order chi connectivity index (χ1) is 25.5. The summed E-state index contributed by atoms with van der Waals surface area (Å²) in [6, 6.07) is 6.68. The molecule has 1 unspecified atom stereocenters. The maximum atomic E-state index is 16.8. The van der Waals surface area contributed by atoms with Gasteiger partial charge in [0.15, 0.2) is 23.3 Å². The van der Waals surface area contributed by atoms with Gasteiger partial charge in [-0.2, -0.15) is 9.97 Å². The van der Waals surface area contributed by atoms with Crippen molar-refractivity contribution >= 4 is 39.5 Å². The van der Waals surface area contributed by atoms with Crippen molar-refractivity contribution in [2.75, 3.05) is 44.7 Å². The number of benzene rings is 2. The molecule has 53 heavy (non-hydrogen) atoms. The predicted molar refractivity (Wildman–Crippen MR) is 188 cm³/mol. The van der Waals surface area contributed by atoms with Gasteiger partial charge in [0.2, 0.25) is 5.91 Å². The van der Waals surface area contributed by atoms with E-state index in [9.17, 15) is 18.0 Å². The Morgan fingerprint density at radius 1 is 1.02 bits per heavy atom. The molecule has 3 saturated heterocycles. The predicted octanol–water partition coefficient (Wildman–Crippen LogP) is 6.21. The second-order valence-electron chi connectivity index (χ2n) is 14.0. The van der Waals surface area contributed by atoms with E-state index in [0.29, 0.717) is 37.1 Å². The third-order valence-electron chi connectivity index (χ3n) is 10.7. The summed E-state index contributed by atoms with van der Waals surface area (Å²) in [5, 5.41) is 0.480. The number of anilines is 1. The summed E-state index contributed by atoms with van der Waals surface area (Å²) < 4.78 is 81.3. The molecule has 0 spiro atoms. The number of alkyl halides is 1. The summed E-state index contributed by atoms with van der Waals surface area (Å²) in [6.45, 7) is 3.45. The number of halogens is 5. The van der Waals surface area contributed by atoms with Gasteiger partial charge in [0.05, 0.1) is 17.1 Å². The zero-order valence-electron chi connectivity index (χ0n) is 29.0. The van der Waals surface area contributed by atoms with Gasteiger partial charge in [0.1, 0.15) is 41.3 Å². The molecule has 0 N–H and O–H groups in total. The van der Waals surface area contributed by atoms with E-state index >= 15 is 8.78 Å². The third-order valence-corrected chi connectivity index (χ3v) is 10.7. The third kappa shape index (κ3) is 6.30. The van der Waals surface area contributed by atoms with E-state index in [2.05, 4.69) is 24.8 Å². The maximum absolute atomic E-state index is 16.8. The fourth-order valence-electron chi connectivity index (χ4n) is 7.97. The zero-order valence-corrected chi connectivity index (χ0v) is 29.0. The average molecular weight is 731 g/mol. The van der Waals surface area contributed by atoms with Crippen LogP contribution in [0.25, 0.3) is 39.0 Å². The summed E-state index contributed by atoms with van der Waals surface area (Å²) in [5.74, 6) is -3.42. The lowest BCUT2D eigenvalue weighted by atomic mass is 9.95. The fourth-order valence-corrected chi connectivity index (χ4v) is 7.97. The van der Waals surface area contributed by atoms with Crippen LogP contribution in [-0.2, 0) is 4.79 Å². The maximum Gasteiger partial charge on any atom is 0.319 e.